The Bertz CT molecular complexity index is 747. The smallest absolute Gasteiger partial charge is 0.303 e. The van der Waals surface area contributed by atoms with E-state index in [0.29, 0.717) is 17.7 Å². The van der Waals surface area contributed by atoms with Crippen molar-refractivity contribution in [1.82, 2.24) is 5.16 Å². The van der Waals surface area contributed by atoms with Crippen molar-refractivity contribution in [2.45, 2.75) is 12.8 Å². The van der Waals surface area contributed by atoms with Gasteiger partial charge in [0.05, 0.1) is 12.1 Å². The van der Waals surface area contributed by atoms with E-state index in [2.05, 4.69) is 5.16 Å². The Balaban J connectivity index is 2.01. The lowest BCUT2D eigenvalue weighted by atomic mass is 10.0. The number of fused-ring (bicyclic) bond motifs is 1. The molecule has 0 radical (unpaired) electrons. The van der Waals surface area contributed by atoms with Crippen LogP contribution in [-0.2, 0) is 11.2 Å². The molecule has 0 fully saturated rings. The third-order valence-electron chi connectivity index (χ3n) is 3.23. The minimum Gasteiger partial charge on any atom is -0.481 e. The first-order chi connectivity index (χ1) is 9.74. The summed E-state index contributed by atoms with van der Waals surface area (Å²) >= 11 is 0. The third-order valence-corrected chi connectivity index (χ3v) is 3.23. The molecule has 100 valence electrons. The second-order valence-electron chi connectivity index (χ2n) is 4.60. The van der Waals surface area contributed by atoms with E-state index in [1.54, 1.807) is 0 Å². The van der Waals surface area contributed by atoms with Gasteiger partial charge >= 0.3 is 5.97 Å². The van der Waals surface area contributed by atoms with Gasteiger partial charge in [-0.1, -0.05) is 41.6 Å². The zero-order valence-electron chi connectivity index (χ0n) is 10.7. The van der Waals surface area contributed by atoms with E-state index in [-0.39, 0.29) is 6.42 Å². The standard InChI is InChI=1S/C16H13NO3/c18-16(19)9-7-14-13-10-12(6-8-15(13)20-17-14)11-4-2-1-3-5-11/h1-6,8,10H,7,9H2,(H,18,19). The summed E-state index contributed by atoms with van der Waals surface area (Å²) in [7, 11) is 0. The second-order valence-corrected chi connectivity index (χ2v) is 4.60. The van der Waals surface area contributed by atoms with E-state index in [4.69, 9.17) is 9.63 Å². The van der Waals surface area contributed by atoms with Gasteiger partial charge in [-0.25, -0.2) is 0 Å². The van der Waals surface area contributed by atoms with Gasteiger partial charge in [-0.15, -0.1) is 0 Å². The van der Waals surface area contributed by atoms with Gasteiger partial charge in [-0.05, 0) is 23.3 Å². The van der Waals surface area contributed by atoms with Crippen LogP contribution in [0.3, 0.4) is 0 Å². The van der Waals surface area contributed by atoms with Crippen molar-refractivity contribution in [3.8, 4) is 11.1 Å². The highest BCUT2D eigenvalue weighted by atomic mass is 16.5. The molecule has 1 heterocycles. The number of rotatable bonds is 4. The Labute approximate surface area is 115 Å². The zero-order valence-corrected chi connectivity index (χ0v) is 10.7. The zero-order chi connectivity index (χ0) is 13.9. The fourth-order valence-electron chi connectivity index (χ4n) is 2.20. The average Bonchev–Trinajstić information content (AvgIpc) is 2.88. The molecular weight excluding hydrogens is 254 g/mol. The molecule has 0 amide bonds. The van der Waals surface area contributed by atoms with E-state index in [1.165, 1.54) is 0 Å². The predicted octanol–water partition coefficient (Wildman–Crippen LogP) is 3.51. The van der Waals surface area contributed by atoms with E-state index < -0.39 is 5.97 Å². The molecule has 4 heteroatoms. The first-order valence-electron chi connectivity index (χ1n) is 6.39. The molecule has 0 unspecified atom stereocenters. The number of carboxylic acid groups (broad SMARTS) is 1. The molecule has 0 saturated carbocycles. The Morgan fingerprint density at radius 2 is 1.90 bits per heavy atom. The highest BCUT2D eigenvalue weighted by Gasteiger charge is 2.11. The quantitative estimate of drug-likeness (QED) is 0.785. The first kappa shape index (κ1) is 12.4. The summed E-state index contributed by atoms with van der Waals surface area (Å²) in [5.74, 6) is -0.833. The Morgan fingerprint density at radius 3 is 2.65 bits per heavy atom. The summed E-state index contributed by atoms with van der Waals surface area (Å²) in [6, 6.07) is 15.9. The Morgan fingerprint density at radius 1 is 1.10 bits per heavy atom. The van der Waals surface area contributed by atoms with E-state index in [0.717, 1.165) is 16.5 Å². The summed E-state index contributed by atoms with van der Waals surface area (Å²) in [6.07, 6.45) is 0.428. The van der Waals surface area contributed by atoms with Crippen LogP contribution >= 0.6 is 0 Å². The van der Waals surface area contributed by atoms with Crippen LogP contribution in [0.15, 0.2) is 53.1 Å². The molecule has 20 heavy (non-hydrogen) atoms. The van der Waals surface area contributed by atoms with Crippen LogP contribution in [0, 0.1) is 0 Å². The second kappa shape index (κ2) is 5.17. The summed E-state index contributed by atoms with van der Waals surface area (Å²) in [5.41, 5.74) is 3.56. The monoisotopic (exact) mass is 267 g/mol. The maximum Gasteiger partial charge on any atom is 0.303 e. The molecule has 3 aromatic rings. The number of hydrogen-bond donors (Lipinski definition) is 1. The Kier molecular flexibility index (Phi) is 3.21. The number of aryl methyl sites for hydroxylation is 1. The van der Waals surface area contributed by atoms with Crippen molar-refractivity contribution >= 4 is 16.9 Å². The molecule has 0 spiro atoms. The number of nitrogens with zero attached hydrogens (tertiary/aromatic N) is 1. The highest BCUT2D eigenvalue weighted by Crippen LogP contribution is 2.26. The number of aromatic nitrogens is 1. The van der Waals surface area contributed by atoms with Crippen molar-refractivity contribution in [1.29, 1.82) is 0 Å². The van der Waals surface area contributed by atoms with Crippen LogP contribution in [0.2, 0.25) is 0 Å². The van der Waals surface area contributed by atoms with Crippen LogP contribution in [0.4, 0.5) is 0 Å². The van der Waals surface area contributed by atoms with Crippen molar-refractivity contribution in [2.75, 3.05) is 0 Å². The van der Waals surface area contributed by atoms with E-state index >= 15 is 0 Å². The Hall–Kier alpha value is -2.62. The molecule has 0 bridgehead atoms. The van der Waals surface area contributed by atoms with Gasteiger partial charge in [0.2, 0.25) is 0 Å². The van der Waals surface area contributed by atoms with Gasteiger partial charge < -0.3 is 9.63 Å². The highest BCUT2D eigenvalue weighted by molar-refractivity contribution is 5.85. The lowest BCUT2D eigenvalue weighted by Crippen LogP contribution is -1.97. The molecule has 1 aromatic heterocycles. The largest absolute Gasteiger partial charge is 0.481 e. The molecule has 2 aromatic carbocycles. The minimum atomic E-state index is -0.833. The van der Waals surface area contributed by atoms with Crippen LogP contribution in [-0.4, -0.2) is 16.2 Å². The summed E-state index contributed by atoms with van der Waals surface area (Å²) in [5, 5.41) is 13.6. The lowest BCUT2D eigenvalue weighted by molar-refractivity contribution is -0.136. The van der Waals surface area contributed by atoms with Crippen molar-refractivity contribution < 1.29 is 14.4 Å². The molecule has 4 nitrogen and oxygen atoms in total. The van der Waals surface area contributed by atoms with Crippen molar-refractivity contribution in [3.05, 3.63) is 54.2 Å². The van der Waals surface area contributed by atoms with Crippen LogP contribution in [0.25, 0.3) is 22.1 Å². The van der Waals surface area contributed by atoms with Crippen molar-refractivity contribution in [3.63, 3.8) is 0 Å². The van der Waals surface area contributed by atoms with Crippen LogP contribution in [0.5, 0.6) is 0 Å². The summed E-state index contributed by atoms with van der Waals surface area (Å²) < 4.78 is 5.23. The van der Waals surface area contributed by atoms with E-state index in [9.17, 15) is 4.79 Å². The van der Waals surface area contributed by atoms with Gasteiger partial charge in [0.1, 0.15) is 0 Å². The van der Waals surface area contributed by atoms with Gasteiger partial charge in [0, 0.05) is 11.8 Å². The average molecular weight is 267 g/mol. The molecule has 0 aliphatic heterocycles. The molecule has 0 aliphatic rings. The van der Waals surface area contributed by atoms with Crippen LogP contribution in [0.1, 0.15) is 12.1 Å². The molecule has 0 saturated heterocycles. The molecule has 0 aliphatic carbocycles. The van der Waals surface area contributed by atoms with Crippen molar-refractivity contribution in [2.24, 2.45) is 0 Å². The maximum absolute atomic E-state index is 10.7. The number of aliphatic carboxylic acids is 1. The SMILES string of the molecule is O=C(O)CCc1noc2ccc(-c3ccccc3)cc12. The maximum atomic E-state index is 10.7. The minimum absolute atomic E-state index is 0.0528. The molecule has 1 N–H and O–H groups in total. The first-order valence-corrected chi connectivity index (χ1v) is 6.39. The molecular formula is C16H13NO3. The summed E-state index contributed by atoms with van der Waals surface area (Å²) in [4.78, 5) is 10.7. The van der Waals surface area contributed by atoms with Crippen LogP contribution < -0.4 is 0 Å². The lowest BCUT2D eigenvalue weighted by Gasteiger charge is -2.01. The number of carbonyl (C=O) groups is 1. The van der Waals surface area contributed by atoms with Gasteiger partial charge in [-0.2, -0.15) is 0 Å². The topological polar surface area (TPSA) is 63.3 Å². The van der Waals surface area contributed by atoms with E-state index in [1.807, 2.05) is 48.5 Å². The van der Waals surface area contributed by atoms with Gasteiger partial charge in [0.25, 0.3) is 0 Å². The normalized spacial score (nSPS) is 10.8. The number of benzene rings is 2. The molecule has 0 atom stereocenters. The third kappa shape index (κ3) is 2.40. The van der Waals surface area contributed by atoms with Gasteiger partial charge in [0.15, 0.2) is 5.58 Å². The fraction of sp³-hybridized carbons (Fsp3) is 0.125. The summed E-state index contributed by atoms with van der Waals surface area (Å²) in [6.45, 7) is 0. The fourth-order valence-corrected chi connectivity index (χ4v) is 2.20. The van der Waals surface area contributed by atoms with Gasteiger partial charge in [-0.3, -0.25) is 4.79 Å². The number of hydrogen-bond acceptors (Lipinski definition) is 3. The molecule has 3 rings (SSSR count). The predicted molar refractivity (Wildman–Crippen MR) is 75.4 cm³/mol. The number of carboxylic acids is 1.